The first-order valence-electron chi connectivity index (χ1n) is 5.81. The Morgan fingerprint density at radius 1 is 1.20 bits per heavy atom. The molecule has 2 rings (SSSR count). The Kier molecular flexibility index (Phi) is 4.75. The first-order valence-corrected chi connectivity index (χ1v) is 6.94. The van der Waals surface area contributed by atoms with Crippen LogP contribution in [0.5, 0.6) is 0 Å². The van der Waals surface area contributed by atoms with Gasteiger partial charge in [-0.1, -0.05) is 34.8 Å². The fourth-order valence-corrected chi connectivity index (χ4v) is 2.46. The van der Waals surface area contributed by atoms with E-state index in [1.807, 2.05) is 0 Å². The molecule has 1 aliphatic heterocycles. The van der Waals surface area contributed by atoms with E-state index in [0.29, 0.717) is 13.0 Å². The molecule has 108 valence electrons. The minimum absolute atomic E-state index is 0.154. The number of β-amino-alcohol motifs (C(OH)–C–C–N with tert-alkyl or cyclic N) is 1. The number of likely N-dealkylation sites (tertiary alicyclic amines) is 1. The molecule has 0 unspecified atom stereocenters. The van der Waals surface area contributed by atoms with E-state index in [-0.39, 0.29) is 27.3 Å². The minimum Gasteiger partial charge on any atom is -0.391 e. The zero-order valence-corrected chi connectivity index (χ0v) is 12.5. The van der Waals surface area contributed by atoms with Crippen LogP contribution >= 0.6 is 34.8 Å². The molecule has 0 bridgehead atoms. The molecule has 1 aromatic carbocycles. The number of nitrogens with one attached hydrogen (secondary N) is 1. The molecule has 5 nitrogen and oxygen atoms in total. The van der Waals surface area contributed by atoms with Crippen molar-refractivity contribution in [3.05, 3.63) is 27.2 Å². The molecule has 2 N–H and O–H groups in total. The maximum absolute atomic E-state index is 11.9. The van der Waals surface area contributed by atoms with Gasteiger partial charge in [-0.15, -0.1) is 0 Å². The number of halogens is 3. The number of carbonyl (C=O) groups excluding carboxylic acids is 2. The van der Waals surface area contributed by atoms with Gasteiger partial charge in [0.15, 0.2) is 0 Å². The van der Waals surface area contributed by atoms with Crippen molar-refractivity contribution in [3.8, 4) is 0 Å². The van der Waals surface area contributed by atoms with Gasteiger partial charge in [-0.2, -0.15) is 0 Å². The van der Waals surface area contributed by atoms with Gasteiger partial charge < -0.3 is 15.3 Å². The summed E-state index contributed by atoms with van der Waals surface area (Å²) in [5, 5.41) is 12.4. The van der Waals surface area contributed by atoms with Gasteiger partial charge in [0.05, 0.1) is 26.9 Å². The van der Waals surface area contributed by atoms with E-state index < -0.39 is 17.9 Å². The number of anilines is 1. The summed E-state index contributed by atoms with van der Waals surface area (Å²) in [6, 6.07) is 2.75. The Balaban J connectivity index is 2.08. The number of aliphatic hydroxyl groups excluding tert-OH is 1. The number of hydrogen-bond acceptors (Lipinski definition) is 3. The summed E-state index contributed by atoms with van der Waals surface area (Å²) < 4.78 is 0. The highest BCUT2D eigenvalue weighted by Gasteiger charge is 2.29. The normalized spacial score (nSPS) is 18.2. The Labute approximate surface area is 130 Å². The molecule has 1 aliphatic rings. The second kappa shape index (κ2) is 6.18. The van der Waals surface area contributed by atoms with Gasteiger partial charge in [-0.05, 0) is 18.6 Å². The molecule has 1 heterocycles. The maximum atomic E-state index is 11.9. The van der Waals surface area contributed by atoms with Crippen molar-refractivity contribution in [2.75, 3.05) is 18.4 Å². The quantitative estimate of drug-likeness (QED) is 0.609. The van der Waals surface area contributed by atoms with Crippen molar-refractivity contribution in [2.24, 2.45) is 0 Å². The van der Waals surface area contributed by atoms with Gasteiger partial charge in [0.25, 0.3) is 0 Å². The van der Waals surface area contributed by atoms with E-state index in [2.05, 4.69) is 5.32 Å². The van der Waals surface area contributed by atoms with Crippen LogP contribution in [-0.2, 0) is 9.59 Å². The molecule has 20 heavy (non-hydrogen) atoms. The minimum atomic E-state index is -0.834. The summed E-state index contributed by atoms with van der Waals surface area (Å²) in [7, 11) is 0. The molecule has 0 spiro atoms. The van der Waals surface area contributed by atoms with Crippen molar-refractivity contribution >= 4 is 52.3 Å². The summed E-state index contributed by atoms with van der Waals surface area (Å²) in [5.74, 6) is -1.55. The van der Waals surface area contributed by atoms with Gasteiger partial charge >= 0.3 is 11.8 Å². The van der Waals surface area contributed by atoms with Crippen molar-refractivity contribution in [1.82, 2.24) is 4.90 Å². The number of amides is 2. The maximum Gasteiger partial charge on any atom is 0.313 e. The highest BCUT2D eigenvalue weighted by Crippen LogP contribution is 2.32. The van der Waals surface area contributed by atoms with Crippen LogP contribution in [0.4, 0.5) is 5.69 Å². The van der Waals surface area contributed by atoms with Crippen LogP contribution in [0, 0.1) is 0 Å². The molecule has 1 atom stereocenters. The first kappa shape index (κ1) is 15.4. The third-order valence-electron chi connectivity index (χ3n) is 2.90. The third kappa shape index (κ3) is 3.35. The first-order chi connectivity index (χ1) is 9.38. The Bertz CT molecular complexity index is 565. The number of rotatable bonds is 1. The van der Waals surface area contributed by atoms with Crippen molar-refractivity contribution in [3.63, 3.8) is 0 Å². The van der Waals surface area contributed by atoms with Crippen LogP contribution in [0.3, 0.4) is 0 Å². The lowest BCUT2D eigenvalue weighted by Crippen LogP contribution is -2.38. The summed E-state index contributed by atoms with van der Waals surface area (Å²) in [6.07, 6.45) is -0.118. The van der Waals surface area contributed by atoms with E-state index in [0.717, 1.165) is 0 Å². The van der Waals surface area contributed by atoms with E-state index in [1.165, 1.54) is 17.0 Å². The molecule has 0 aromatic heterocycles. The van der Waals surface area contributed by atoms with Gasteiger partial charge in [0.2, 0.25) is 0 Å². The molecule has 0 radical (unpaired) electrons. The molecule has 8 heteroatoms. The number of hydrogen-bond donors (Lipinski definition) is 2. The van der Waals surface area contributed by atoms with Gasteiger partial charge in [-0.3, -0.25) is 9.59 Å². The second-order valence-corrected chi connectivity index (χ2v) is 5.62. The van der Waals surface area contributed by atoms with Crippen LogP contribution in [0.1, 0.15) is 6.42 Å². The highest BCUT2D eigenvalue weighted by atomic mass is 35.5. The average Bonchev–Trinajstić information content (AvgIpc) is 2.81. The van der Waals surface area contributed by atoms with Crippen molar-refractivity contribution in [1.29, 1.82) is 0 Å². The summed E-state index contributed by atoms with van der Waals surface area (Å²) in [4.78, 5) is 25.0. The zero-order valence-electron chi connectivity index (χ0n) is 10.2. The van der Waals surface area contributed by atoms with E-state index >= 15 is 0 Å². The molecule has 0 saturated carbocycles. The average molecular weight is 338 g/mol. The summed E-state index contributed by atoms with van der Waals surface area (Å²) >= 11 is 17.5. The summed E-state index contributed by atoms with van der Waals surface area (Å²) in [5.41, 5.74) is 0.208. The van der Waals surface area contributed by atoms with E-state index in [1.54, 1.807) is 0 Å². The third-order valence-corrected chi connectivity index (χ3v) is 3.94. The molecule has 0 aliphatic carbocycles. The Morgan fingerprint density at radius 2 is 1.85 bits per heavy atom. The standard InChI is InChI=1S/C12H11Cl3N2O3/c13-7-3-9(15)10(4-8(7)14)16-11(19)12(20)17-2-1-6(18)5-17/h3-4,6,18H,1-2,5H2,(H,16,19)/t6-/m0/s1. The number of benzene rings is 1. The number of nitrogens with zero attached hydrogens (tertiary/aromatic N) is 1. The Morgan fingerprint density at radius 3 is 2.45 bits per heavy atom. The van der Waals surface area contributed by atoms with Crippen LogP contribution < -0.4 is 5.32 Å². The van der Waals surface area contributed by atoms with Gasteiger partial charge in [0.1, 0.15) is 0 Å². The van der Waals surface area contributed by atoms with Crippen LogP contribution in [0.25, 0.3) is 0 Å². The second-order valence-electron chi connectivity index (χ2n) is 4.39. The molecular formula is C12H11Cl3N2O3. The zero-order chi connectivity index (χ0) is 14.9. The van der Waals surface area contributed by atoms with Crippen LogP contribution in [-0.4, -0.2) is 41.0 Å². The van der Waals surface area contributed by atoms with Crippen molar-refractivity contribution in [2.45, 2.75) is 12.5 Å². The lowest BCUT2D eigenvalue weighted by Gasteiger charge is -2.15. The van der Waals surface area contributed by atoms with Gasteiger partial charge in [-0.25, -0.2) is 0 Å². The Hall–Kier alpha value is -1.01. The number of aliphatic hydroxyl groups is 1. The van der Waals surface area contributed by atoms with E-state index in [4.69, 9.17) is 34.8 Å². The topological polar surface area (TPSA) is 69.6 Å². The smallest absolute Gasteiger partial charge is 0.313 e. The molecular weight excluding hydrogens is 327 g/mol. The predicted octanol–water partition coefficient (Wildman–Crippen LogP) is 2.18. The molecule has 2 amide bonds. The van der Waals surface area contributed by atoms with Crippen LogP contribution in [0.15, 0.2) is 12.1 Å². The monoisotopic (exact) mass is 336 g/mol. The fraction of sp³-hybridized carbons (Fsp3) is 0.333. The van der Waals surface area contributed by atoms with E-state index in [9.17, 15) is 14.7 Å². The fourth-order valence-electron chi connectivity index (χ4n) is 1.86. The molecule has 1 fully saturated rings. The lowest BCUT2D eigenvalue weighted by atomic mass is 10.3. The molecule has 1 aromatic rings. The van der Waals surface area contributed by atoms with Crippen molar-refractivity contribution < 1.29 is 14.7 Å². The largest absolute Gasteiger partial charge is 0.391 e. The highest BCUT2D eigenvalue weighted by molar-refractivity contribution is 6.45. The number of carbonyl (C=O) groups is 2. The summed E-state index contributed by atoms with van der Waals surface area (Å²) in [6.45, 7) is 0.504. The van der Waals surface area contributed by atoms with Gasteiger partial charge in [0, 0.05) is 13.1 Å². The predicted molar refractivity (Wildman–Crippen MR) is 77.3 cm³/mol. The molecule has 1 saturated heterocycles. The lowest BCUT2D eigenvalue weighted by molar-refractivity contribution is -0.142. The van der Waals surface area contributed by atoms with Crippen LogP contribution in [0.2, 0.25) is 15.1 Å². The SMILES string of the molecule is O=C(Nc1cc(Cl)c(Cl)cc1Cl)C(=O)N1CC[C@H](O)C1.